The Hall–Kier alpha value is -0.690. The quantitative estimate of drug-likeness (QED) is 0.864. The fourth-order valence-corrected chi connectivity index (χ4v) is 2.33. The molecular formula is C10H13Cl2N3O2S. The first-order chi connectivity index (χ1) is 8.21. The second-order valence-corrected chi connectivity index (χ2v) is 6.47. The topological polar surface area (TPSA) is 84.9 Å². The van der Waals surface area contributed by atoms with Gasteiger partial charge in [0.05, 0.1) is 21.5 Å². The monoisotopic (exact) mass is 309 g/mol. The second kappa shape index (κ2) is 5.97. The molecule has 0 fully saturated rings. The van der Waals surface area contributed by atoms with E-state index in [9.17, 15) is 8.42 Å². The molecule has 0 bridgehead atoms. The SMILES string of the molecule is CC(C)CN=Nc1c(Cl)cc(S(N)(=O)=O)cc1Cl. The van der Waals surface area contributed by atoms with Crippen LogP contribution in [0, 0.1) is 5.92 Å². The molecule has 8 heteroatoms. The van der Waals surface area contributed by atoms with Crippen LogP contribution in [-0.2, 0) is 10.0 Å². The minimum absolute atomic E-state index is 0.0963. The van der Waals surface area contributed by atoms with Crippen LogP contribution in [0.15, 0.2) is 27.3 Å². The van der Waals surface area contributed by atoms with Crippen molar-refractivity contribution in [1.29, 1.82) is 0 Å². The van der Waals surface area contributed by atoms with E-state index in [0.29, 0.717) is 12.5 Å². The van der Waals surface area contributed by atoms with Gasteiger partial charge in [0, 0.05) is 0 Å². The maximum Gasteiger partial charge on any atom is 0.238 e. The van der Waals surface area contributed by atoms with E-state index in [1.54, 1.807) is 0 Å². The van der Waals surface area contributed by atoms with Crippen molar-refractivity contribution < 1.29 is 8.42 Å². The van der Waals surface area contributed by atoms with Crippen LogP contribution in [0.5, 0.6) is 0 Å². The zero-order valence-corrected chi connectivity index (χ0v) is 12.2. The summed E-state index contributed by atoms with van der Waals surface area (Å²) in [4.78, 5) is -0.152. The number of halogens is 2. The first kappa shape index (κ1) is 15.4. The van der Waals surface area contributed by atoms with Crippen molar-refractivity contribution in [1.82, 2.24) is 0 Å². The van der Waals surface area contributed by atoms with Gasteiger partial charge in [-0.1, -0.05) is 37.0 Å². The van der Waals surface area contributed by atoms with Crippen molar-refractivity contribution in [3.63, 3.8) is 0 Å². The normalized spacial score (nSPS) is 12.6. The van der Waals surface area contributed by atoms with E-state index in [-0.39, 0.29) is 20.6 Å². The molecule has 0 heterocycles. The fraction of sp³-hybridized carbons (Fsp3) is 0.400. The van der Waals surface area contributed by atoms with Gasteiger partial charge in [0.2, 0.25) is 10.0 Å². The first-order valence-electron chi connectivity index (χ1n) is 5.11. The number of nitrogens with two attached hydrogens (primary N) is 1. The smallest absolute Gasteiger partial charge is 0.225 e. The molecule has 0 radical (unpaired) electrons. The van der Waals surface area contributed by atoms with Gasteiger partial charge in [-0.05, 0) is 18.1 Å². The number of hydrogen-bond donors (Lipinski definition) is 1. The molecule has 18 heavy (non-hydrogen) atoms. The fourth-order valence-electron chi connectivity index (χ4n) is 1.08. The van der Waals surface area contributed by atoms with E-state index >= 15 is 0 Å². The Morgan fingerprint density at radius 1 is 1.28 bits per heavy atom. The number of hydrogen-bond acceptors (Lipinski definition) is 4. The van der Waals surface area contributed by atoms with Crippen molar-refractivity contribution in [3.8, 4) is 0 Å². The molecule has 0 aliphatic heterocycles. The van der Waals surface area contributed by atoms with Crippen molar-refractivity contribution in [3.05, 3.63) is 22.2 Å². The van der Waals surface area contributed by atoms with Gasteiger partial charge in [-0.3, -0.25) is 0 Å². The van der Waals surface area contributed by atoms with Crippen molar-refractivity contribution in [2.24, 2.45) is 21.3 Å². The van der Waals surface area contributed by atoms with Crippen molar-refractivity contribution >= 4 is 38.9 Å². The van der Waals surface area contributed by atoms with Crippen LogP contribution >= 0.6 is 23.2 Å². The molecule has 0 aliphatic rings. The highest BCUT2D eigenvalue weighted by molar-refractivity contribution is 7.89. The summed E-state index contributed by atoms with van der Waals surface area (Å²) in [6, 6.07) is 2.40. The zero-order valence-electron chi connectivity index (χ0n) is 9.89. The number of benzene rings is 1. The number of azo groups is 1. The summed E-state index contributed by atoms with van der Waals surface area (Å²) in [5.41, 5.74) is 0.242. The van der Waals surface area contributed by atoms with Crippen molar-refractivity contribution in [2.75, 3.05) is 6.54 Å². The zero-order chi connectivity index (χ0) is 13.9. The molecule has 100 valence electrons. The maximum atomic E-state index is 11.2. The van der Waals surface area contributed by atoms with Crippen LogP contribution < -0.4 is 5.14 Å². The summed E-state index contributed by atoms with van der Waals surface area (Å²) in [6.07, 6.45) is 0. The van der Waals surface area contributed by atoms with Crippen LogP contribution in [0.4, 0.5) is 5.69 Å². The largest absolute Gasteiger partial charge is 0.238 e. The lowest BCUT2D eigenvalue weighted by atomic mass is 10.2. The standard InChI is InChI=1S/C10H13Cl2N3O2S/c1-6(2)5-14-15-10-8(11)3-7(4-9(10)12)18(13,16)17/h3-4,6H,5H2,1-2H3,(H2,13,16,17). The Bertz CT molecular complexity index is 547. The van der Waals surface area contributed by atoms with E-state index in [0.717, 1.165) is 0 Å². The van der Waals surface area contributed by atoms with E-state index in [4.69, 9.17) is 28.3 Å². The van der Waals surface area contributed by atoms with Crippen LogP contribution in [0.3, 0.4) is 0 Å². The van der Waals surface area contributed by atoms with Crippen LogP contribution in [0.2, 0.25) is 10.0 Å². The van der Waals surface area contributed by atoms with Gasteiger partial charge in [-0.25, -0.2) is 13.6 Å². The van der Waals surface area contributed by atoms with Gasteiger partial charge in [0.15, 0.2) is 0 Å². The number of primary sulfonamides is 1. The van der Waals surface area contributed by atoms with Crippen LogP contribution in [0.1, 0.15) is 13.8 Å². The summed E-state index contributed by atoms with van der Waals surface area (Å²) in [5.74, 6) is 0.356. The van der Waals surface area contributed by atoms with Gasteiger partial charge < -0.3 is 0 Å². The number of rotatable bonds is 4. The average molecular weight is 310 g/mol. The molecule has 0 aromatic heterocycles. The van der Waals surface area contributed by atoms with E-state index in [2.05, 4.69) is 10.2 Å². The highest BCUT2D eigenvalue weighted by Gasteiger charge is 2.14. The third kappa shape index (κ3) is 4.20. The summed E-state index contributed by atoms with van der Waals surface area (Å²) in [6.45, 7) is 4.52. The summed E-state index contributed by atoms with van der Waals surface area (Å²) in [5, 5.41) is 13.0. The number of nitrogens with zero attached hydrogens (tertiary/aromatic N) is 2. The third-order valence-corrected chi connectivity index (χ3v) is 3.41. The maximum absolute atomic E-state index is 11.2. The minimum atomic E-state index is -3.84. The average Bonchev–Trinajstić information content (AvgIpc) is 2.20. The minimum Gasteiger partial charge on any atom is -0.225 e. The molecule has 1 aromatic rings. The summed E-state index contributed by atoms with van der Waals surface area (Å²) in [7, 11) is -3.84. The van der Waals surface area contributed by atoms with Gasteiger partial charge >= 0.3 is 0 Å². The number of sulfonamides is 1. The van der Waals surface area contributed by atoms with Gasteiger partial charge in [0.25, 0.3) is 0 Å². The lowest BCUT2D eigenvalue weighted by molar-refractivity contribution is 0.598. The predicted molar refractivity (Wildman–Crippen MR) is 72.1 cm³/mol. The van der Waals surface area contributed by atoms with Crippen LogP contribution in [-0.4, -0.2) is 15.0 Å². The second-order valence-electron chi connectivity index (χ2n) is 4.10. The third-order valence-electron chi connectivity index (χ3n) is 1.94. The lowest BCUT2D eigenvalue weighted by Gasteiger charge is -2.04. The van der Waals surface area contributed by atoms with Gasteiger partial charge in [-0.15, -0.1) is 0 Å². The summed E-state index contributed by atoms with van der Waals surface area (Å²) >= 11 is 11.8. The molecule has 0 amide bonds. The molecule has 0 saturated carbocycles. The Kier molecular flexibility index (Phi) is 5.10. The highest BCUT2D eigenvalue weighted by Crippen LogP contribution is 2.35. The molecular weight excluding hydrogens is 297 g/mol. The van der Waals surface area contributed by atoms with Crippen LogP contribution in [0.25, 0.3) is 0 Å². The van der Waals surface area contributed by atoms with E-state index < -0.39 is 10.0 Å². The Balaban J connectivity index is 3.14. The Labute approximate surface area is 116 Å². The van der Waals surface area contributed by atoms with E-state index in [1.807, 2.05) is 13.8 Å². The molecule has 2 N–H and O–H groups in total. The molecule has 0 spiro atoms. The molecule has 0 atom stereocenters. The molecule has 1 rings (SSSR count). The predicted octanol–water partition coefficient (Wildman–Crippen LogP) is 3.38. The Morgan fingerprint density at radius 2 is 1.78 bits per heavy atom. The molecule has 0 unspecified atom stereocenters. The molecule has 5 nitrogen and oxygen atoms in total. The van der Waals surface area contributed by atoms with Gasteiger partial charge in [0.1, 0.15) is 5.69 Å². The van der Waals surface area contributed by atoms with Crippen molar-refractivity contribution in [2.45, 2.75) is 18.7 Å². The van der Waals surface area contributed by atoms with E-state index in [1.165, 1.54) is 12.1 Å². The lowest BCUT2D eigenvalue weighted by Crippen LogP contribution is -2.12. The summed E-state index contributed by atoms with van der Waals surface area (Å²) < 4.78 is 22.3. The molecule has 1 aromatic carbocycles. The molecule has 0 aliphatic carbocycles. The van der Waals surface area contributed by atoms with Gasteiger partial charge in [-0.2, -0.15) is 10.2 Å². The highest BCUT2D eigenvalue weighted by atomic mass is 35.5. The molecule has 0 saturated heterocycles. The first-order valence-corrected chi connectivity index (χ1v) is 7.41. The Morgan fingerprint density at radius 3 is 2.17 bits per heavy atom.